The molecule has 1 aliphatic heterocycles. The van der Waals surface area contributed by atoms with Gasteiger partial charge in [-0.15, -0.1) is 0 Å². The van der Waals surface area contributed by atoms with E-state index in [4.69, 9.17) is 54.4 Å². The first kappa shape index (κ1) is 38.4. The van der Waals surface area contributed by atoms with Crippen molar-refractivity contribution < 1.29 is 49.4 Å². The van der Waals surface area contributed by atoms with Gasteiger partial charge in [0.15, 0.2) is 0 Å². The van der Waals surface area contributed by atoms with Gasteiger partial charge in [-0.2, -0.15) is 9.98 Å². The predicted molar refractivity (Wildman–Crippen MR) is 204 cm³/mol. The Labute approximate surface area is 339 Å². The first-order valence-corrected chi connectivity index (χ1v) is 16.5. The number of aliphatic imine (C=N–C) groups is 6. The Morgan fingerprint density at radius 1 is 0.551 bits per heavy atom. The molecular weight excluding hydrogens is 785 g/mol. The second-order valence-corrected chi connectivity index (χ2v) is 11.9. The minimum Gasteiger partial charge on any atom is -0.286 e. The zero-order valence-corrected chi connectivity index (χ0v) is 31.9. The largest absolute Gasteiger partial charge is 3.00 e. The summed E-state index contributed by atoms with van der Waals surface area (Å²) in [4.78, 5) is 38.3. The van der Waals surface area contributed by atoms with E-state index in [1.165, 1.54) is 0 Å². The second-order valence-electron chi connectivity index (χ2n) is 11.6. The molecule has 3 heterocycles. The van der Waals surface area contributed by atoms with Crippen LogP contribution in [0.25, 0.3) is 0 Å². The number of rotatable bonds is 6. The van der Waals surface area contributed by atoms with Crippen LogP contribution in [0.3, 0.4) is 0 Å². The molecule has 4 aromatic rings. The number of nitrogens with zero attached hydrogens (tertiary/aromatic N) is 8. The predicted octanol–water partition coefficient (Wildman–Crippen LogP) is 8.12. The van der Waals surface area contributed by atoms with Crippen molar-refractivity contribution in [3.63, 3.8) is 0 Å². The molecule has 4 bridgehead atoms. The molecule has 0 N–H and O–H groups in total. The number of pyridine rings is 2. The Morgan fingerprint density at radius 3 is 1.24 bits per heavy atom. The van der Waals surface area contributed by atoms with Crippen molar-refractivity contribution in [2.45, 2.75) is 52.6 Å². The Morgan fingerprint density at radius 2 is 0.898 bits per heavy atom. The molecule has 0 radical (unpaired) electrons. The number of isothiocyanates is 2. The Balaban J connectivity index is 0.00000541. The maximum atomic E-state index is 5.15. The molecule has 0 saturated heterocycles. The molecule has 49 heavy (non-hydrogen) atoms. The van der Waals surface area contributed by atoms with Crippen LogP contribution in [0.5, 0.6) is 0 Å². The number of aromatic nitrogens is 2. The second kappa shape index (κ2) is 19.1. The van der Waals surface area contributed by atoms with E-state index in [2.05, 4.69) is 20.3 Å². The Kier molecular flexibility index (Phi) is 15.0. The van der Waals surface area contributed by atoms with Crippen LogP contribution in [-0.2, 0) is 12.8 Å². The molecular formula is C38H36EuN8S2+3. The van der Waals surface area contributed by atoms with Crippen LogP contribution >= 0.6 is 24.4 Å². The van der Waals surface area contributed by atoms with Gasteiger partial charge >= 0.3 is 49.4 Å². The van der Waals surface area contributed by atoms with E-state index >= 15 is 0 Å². The number of thiocarbonyl (C=S) groups is 2. The monoisotopic (exact) mass is 821 g/mol. The Hall–Kier alpha value is -3.40. The first-order valence-electron chi connectivity index (χ1n) is 15.7. The minimum atomic E-state index is -0.124. The van der Waals surface area contributed by atoms with Crippen molar-refractivity contribution in [2.24, 2.45) is 30.0 Å². The molecule has 0 amide bonds. The minimum absolute atomic E-state index is 0. The van der Waals surface area contributed by atoms with Gasteiger partial charge in [0.05, 0.1) is 92.5 Å². The Bertz CT molecular complexity index is 1840. The molecule has 11 heteroatoms. The molecule has 2 atom stereocenters. The van der Waals surface area contributed by atoms with E-state index < -0.39 is 0 Å². The van der Waals surface area contributed by atoms with E-state index in [1.807, 2.05) is 113 Å². The number of fused-ring (bicyclic) bond motifs is 4. The fraction of sp³-hybridized carbons (Fsp3) is 0.263. The molecule has 5 rings (SSSR count). The maximum Gasteiger partial charge on any atom is 3.00 e. The van der Waals surface area contributed by atoms with E-state index in [1.54, 1.807) is 0 Å². The van der Waals surface area contributed by atoms with Crippen LogP contribution in [0.1, 0.15) is 61.6 Å². The summed E-state index contributed by atoms with van der Waals surface area (Å²) in [6.07, 6.45) is 1.39. The third-order valence-electron chi connectivity index (χ3n) is 7.98. The standard InChI is InChI=1S/C38H36N8S2.Eu/c1-25-35-7-5-9-37(45-35)27(3)44-34(20-30-13-17-32(18-14-30)42-24-48)22-40-26(2)36-8-6-10-38(46-36)28(4)43-33(21-39-25)19-29-11-15-31(16-12-29)41-23-47;/h5-18,33-34H,19-22H2,1-4H3;/q;+3/t33-,34-;/m0./s1. The van der Waals surface area contributed by atoms with E-state index in [0.717, 1.165) is 68.1 Å². The van der Waals surface area contributed by atoms with Gasteiger partial charge in [-0.1, -0.05) is 36.4 Å². The zero-order valence-electron chi connectivity index (χ0n) is 27.8. The smallest absolute Gasteiger partial charge is 0.286 e. The molecule has 244 valence electrons. The summed E-state index contributed by atoms with van der Waals surface area (Å²) in [5.41, 5.74) is 10.4. The molecule has 0 fully saturated rings. The summed E-state index contributed by atoms with van der Waals surface area (Å²) in [5, 5.41) is 4.84. The molecule has 1 aliphatic rings. The van der Waals surface area contributed by atoms with Crippen LogP contribution in [0.15, 0.2) is 115 Å². The summed E-state index contributed by atoms with van der Waals surface area (Å²) in [6, 6.07) is 27.6. The van der Waals surface area contributed by atoms with Gasteiger partial charge in [0.1, 0.15) is 0 Å². The third kappa shape index (κ3) is 11.3. The first-order chi connectivity index (χ1) is 23.3. The normalized spacial score (nSPS) is 16.5. The fourth-order valence-corrected chi connectivity index (χ4v) is 5.58. The molecule has 8 nitrogen and oxygen atoms in total. The fourth-order valence-electron chi connectivity index (χ4n) is 5.37. The van der Waals surface area contributed by atoms with Crippen molar-refractivity contribution >= 4 is 69.0 Å². The summed E-state index contributed by atoms with van der Waals surface area (Å²) < 4.78 is 0. The van der Waals surface area contributed by atoms with Gasteiger partial charge in [0.2, 0.25) is 0 Å². The summed E-state index contributed by atoms with van der Waals surface area (Å²) >= 11 is 9.51. The van der Waals surface area contributed by atoms with E-state index in [9.17, 15) is 0 Å². The number of hydrogen-bond donors (Lipinski definition) is 0. The van der Waals surface area contributed by atoms with Gasteiger partial charge in [0, 0.05) is 0 Å². The quantitative estimate of drug-likeness (QED) is 0.145. The van der Waals surface area contributed by atoms with Gasteiger partial charge in [-0.3, -0.25) is 20.0 Å². The SMILES string of the molecule is CC1=NC[C@H](Cc2ccc(N=C=S)cc2)N=C(C)c2cccc(n2)C(C)=NC[C@H](Cc2ccc(N=C=S)cc2)N=C(C)c2cccc1n2.[Eu+3]. The van der Waals surface area contributed by atoms with E-state index in [0.29, 0.717) is 25.9 Å². The third-order valence-corrected chi connectivity index (χ3v) is 8.16. The molecule has 2 aromatic heterocycles. The van der Waals surface area contributed by atoms with Crippen LogP contribution in [0.4, 0.5) is 11.4 Å². The van der Waals surface area contributed by atoms with Crippen molar-refractivity contribution in [3.05, 3.63) is 119 Å². The van der Waals surface area contributed by atoms with Crippen molar-refractivity contribution in [3.8, 4) is 0 Å². The maximum absolute atomic E-state index is 5.15. The van der Waals surface area contributed by atoms with Crippen molar-refractivity contribution in [1.29, 1.82) is 0 Å². The van der Waals surface area contributed by atoms with Crippen LogP contribution < -0.4 is 0 Å². The average molecular weight is 821 g/mol. The topological polar surface area (TPSA) is 99.9 Å². The zero-order chi connectivity index (χ0) is 33.9. The number of benzene rings is 2. The summed E-state index contributed by atoms with van der Waals surface area (Å²) in [5.74, 6) is 0. The van der Waals surface area contributed by atoms with Gasteiger partial charge in [-0.25, -0.2) is 9.97 Å². The van der Waals surface area contributed by atoms with Crippen molar-refractivity contribution in [1.82, 2.24) is 9.97 Å². The van der Waals surface area contributed by atoms with Gasteiger partial charge < -0.3 is 0 Å². The van der Waals surface area contributed by atoms with Crippen LogP contribution in [0.2, 0.25) is 0 Å². The molecule has 0 saturated carbocycles. The van der Waals surface area contributed by atoms with Crippen molar-refractivity contribution in [2.75, 3.05) is 13.1 Å². The summed E-state index contributed by atoms with van der Waals surface area (Å²) in [7, 11) is 0. The van der Waals surface area contributed by atoms with Gasteiger partial charge in [0.25, 0.3) is 0 Å². The molecule has 2 aromatic carbocycles. The number of hydrogen-bond acceptors (Lipinski definition) is 10. The van der Waals surface area contributed by atoms with Gasteiger partial charge in [-0.05, 0) is 125 Å². The van der Waals surface area contributed by atoms with E-state index in [-0.39, 0.29) is 61.5 Å². The molecule has 0 aliphatic carbocycles. The summed E-state index contributed by atoms with van der Waals surface area (Å²) in [6.45, 7) is 8.95. The average Bonchev–Trinajstić information content (AvgIpc) is 3.10. The van der Waals surface area contributed by atoms with Crippen LogP contribution in [-0.4, -0.2) is 68.3 Å². The molecule has 0 spiro atoms. The van der Waals surface area contributed by atoms with Crippen LogP contribution in [0, 0.1) is 49.4 Å². The molecule has 0 unspecified atom stereocenters.